The molecule has 2 N–H and O–H groups in total. The molecule has 0 spiro atoms. The van der Waals surface area contributed by atoms with Crippen LogP contribution in [0.4, 0.5) is 0 Å². The molecule has 0 bridgehead atoms. The summed E-state index contributed by atoms with van der Waals surface area (Å²) in [5.41, 5.74) is 1.28. The van der Waals surface area contributed by atoms with Crippen LogP contribution in [-0.2, 0) is 6.42 Å². The van der Waals surface area contributed by atoms with Crippen LogP contribution in [0.5, 0.6) is 0 Å². The van der Waals surface area contributed by atoms with E-state index in [4.69, 9.17) is 11.6 Å². The zero-order valence-electron chi connectivity index (χ0n) is 12.2. The summed E-state index contributed by atoms with van der Waals surface area (Å²) in [5.74, 6) is 1.11. The van der Waals surface area contributed by atoms with E-state index in [0.29, 0.717) is 35.3 Å². The maximum Gasteiger partial charge on any atom is 0.269 e. The lowest BCUT2D eigenvalue weighted by atomic mass is 10.2. The van der Waals surface area contributed by atoms with E-state index in [1.807, 2.05) is 30.3 Å². The van der Waals surface area contributed by atoms with Crippen LogP contribution in [0.3, 0.4) is 0 Å². The molecule has 0 saturated carbocycles. The van der Waals surface area contributed by atoms with Crippen LogP contribution in [0.1, 0.15) is 16.3 Å². The summed E-state index contributed by atoms with van der Waals surface area (Å²) >= 11 is 5.74. The molecule has 0 radical (unpaired) electrons. The molecule has 6 nitrogen and oxygen atoms in total. The highest BCUT2D eigenvalue weighted by atomic mass is 35.5. The van der Waals surface area contributed by atoms with E-state index in [0.717, 1.165) is 5.56 Å². The van der Waals surface area contributed by atoms with Gasteiger partial charge in [0.15, 0.2) is 5.82 Å². The predicted octanol–water partition coefficient (Wildman–Crippen LogP) is 2.49. The first-order valence-electron chi connectivity index (χ1n) is 7.09. The van der Waals surface area contributed by atoms with Crippen molar-refractivity contribution >= 4 is 17.5 Å². The molecule has 3 rings (SSSR count). The minimum absolute atomic E-state index is 0.246. The van der Waals surface area contributed by atoms with Gasteiger partial charge in [0.25, 0.3) is 5.91 Å². The average molecular weight is 328 g/mol. The minimum atomic E-state index is -0.246. The van der Waals surface area contributed by atoms with Crippen molar-refractivity contribution in [2.24, 2.45) is 0 Å². The number of nitrogens with one attached hydrogen (secondary N) is 2. The number of hydrogen-bond acceptors (Lipinski definition) is 4. The first kappa shape index (κ1) is 15.2. The normalized spacial score (nSPS) is 10.5. The van der Waals surface area contributed by atoms with Crippen molar-refractivity contribution in [2.45, 2.75) is 6.42 Å². The largest absolute Gasteiger partial charge is 0.350 e. The van der Waals surface area contributed by atoms with E-state index >= 15 is 0 Å². The molecule has 0 unspecified atom stereocenters. The maximum absolute atomic E-state index is 11.9. The molecular formula is C16H14ClN5O. The van der Waals surface area contributed by atoms with Crippen molar-refractivity contribution in [3.8, 4) is 11.4 Å². The van der Waals surface area contributed by atoms with E-state index in [1.54, 1.807) is 12.1 Å². The van der Waals surface area contributed by atoms with Crippen molar-refractivity contribution in [3.05, 3.63) is 65.2 Å². The molecule has 0 aliphatic rings. The number of H-pyrrole nitrogens is 1. The van der Waals surface area contributed by atoms with Gasteiger partial charge in [0.2, 0.25) is 0 Å². The van der Waals surface area contributed by atoms with E-state index in [-0.39, 0.29) is 5.91 Å². The van der Waals surface area contributed by atoms with Gasteiger partial charge in [-0.3, -0.25) is 9.89 Å². The summed E-state index contributed by atoms with van der Waals surface area (Å²) in [6.07, 6.45) is 2.00. The maximum atomic E-state index is 11.9. The summed E-state index contributed by atoms with van der Waals surface area (Å²) in [6.45, 7) is 0.437. The Kier molecular flexibility index (Phi) is 4.63. The zero-order valence-corrected chi connectivity index (χ0v) is 12.9. The van der Waals surface area contributed by atoms with Crippen molar-refractivity contribution in [3.63, 3.8) is 0 Å². The molecule has 2 aromatic heterocycles. The van der Waals surface area contributed by atoms with Crippen molar-refractivity contribution < 1.29 is 4.79 Å². The second kappa shape index (κ2) is 7.02. The summed E-state index contributed by atoms with van der Waals surface area (Å²) in [7, 11) is 0. The fraction of sp³-hybridized carbons (Fsp3) is 0.125. The summed E-state index contributed by atoms with van der Waals surface area (Å²) < 4.78 is 0. The lowest BCUT2D eigenvalue weighted by Gasteiger charge is -2.03. The topological polar surface area (TPSA) is 83.6 Å². The van der Waals surface area contributed by atoms with Gasteiger partial charge < -0.3 is 5.32 Å². The molecule has 116 valence electrons. The molecule has 1 aromatic carbocycles. The van der Waals surface area contributed by atoms with Gasteiger partial charge in [0.1, 0.15) is 11.5 Å². The minimum Gasteiger partial charge on any atom is -0.350 e. The van der Waals surface area contributed by atoms with E-state index in [2.05, 4.69) is 25.5 Å². The number of carbonyl (C=O) groups excluding carboxylic acids is 1. The second-order valence-electron chi connectivity index (χ2n) is 4.84. The number of aromatic amines is 1. The third-order valence-corrected chi connectivity index (χ3v) is 3.39. The lowest BCUT2D eigenvalue weighted by Crippen LogP contribution is -2.26. The van der Waals surface area contributed by atoms with Crippen molar-refractivity contribution in [2.75, 3.05) is 6.54 Å². The lowest BCUT2D eigenvalue weighted by molar-refractivity contribution is 0.0949. The number of hydrogen-bond donors (Lipinski definition) is 2. The Morgan fingerprint density at radius 2 is 2.00 bits per heavy atom. The summed E-state index contributed by atoms with van der Waals surface area (Å²) in [6, 6.07) is 12.9. The molecule has 1 amide bonds. The molecule has 0 atom stereocenters. The van der Waals surface area contributed by atoms with Crippen molar-refractivity contribution in [1.29, 1.82) is 0 Å². The smallest absolute Gasteiger partial charge is 0.269 e. The molecule has 0 saturated heterocycles. The van der Waals surface area contributed by atoms with E-state index < -0.39 is 0 Å². The number of pyridine rings is 1. The second-order valence-corrected chi connectivity index (χ2v) is 5.28. The highest BCUT2D eigenvalue weighted by Crippen LogP contribution is 2.13. The number of nitrogens with zero attached hydrogens (tertiary/aromatic N) is 3. The number of rotatable bonds is 5. The number of aromatic nitrogens is 4. The van der Waals surface area contributed by atoms with Gasteiger partial charge in [-0.15, -0.1) is 0 Å². The average Bonchev–Trinajstić information content (AvgIpc) is 3.05. The van der Waals surface area contributed by atoms with Gasteiger partial charge in [0.05, 0.1) is 5.02 Å². The predicted molar refractivity (Wildman–Crippen MR) is 87.1 cm³/mol. The third kappa shape index (κ3) is 3.92. The summed E-state index contributed by atoms with van der Waals surface area (Å²) in [5, 5.41) is 10.3. The van der Waals surface area contributed by atoms with Crippen molar-refractivity contribution in [1.82, 2.24) is 25.5 Å². The fourth-order valence-corrected chi connectivity index (χ4v) is 2.13. The SMILES string of the molecule is O=C(NCCc1nc(-c2ccccc2)n[nH]1)c1ccc(Cl)cn1. The Balaban J connectivity index is 1.54. The monoisotopic (exact) mass is 327 g/mol. The van der Waals surface area contributed by atoms with Crippen LogP contribution >= 0.6 is 11.6 Å². The Hall–Kier alpha value is -2.73. The molecule has 7 heteroatoms. The molecular weight excluding hydrogens is 314 g/mol. The van der Waals surface area contributed by atoms with Crippen LogP contribution in [0.2, 0.25) is 5.02 Å². The van der Waals surface area contributed by atoms with Gasteiger partial charge in [-0.25, -0.2) is 9.97 Å². The zero-order chi connectivity index (χ0) is 16.1. The molecule has 0 aliphatic carbocycles. The summed E-state index contributed by atoms with van der Waals surface area (Å²) in [4.78, 5) is 20.3. The van der Waals surface area contributed by atoms with E-state index in [9.17, 15) is 4.79 Å². The highest BCUT2D eigenvalue weighted by Gasteiger charge is 2.08. The van der Waals surface area contributed by atoms with Crippen LogP contribution in [0.15, 0.2) is 48.7 Å². The molecule has 0 fully saturated rings. The standard InChI is InChI=1S/C16H14ClN5O/c17-12-6-7-13(19-10-12)16(23)18-9-8-14-20-15(22-21-14)11-4-2-1-3-5-11/h1-7,10H,8-9H2,(H,18,23)(H,20,21,22). The van der Waals surface area contributed by atoms with Gasteiger partial charge in [-0.05, 0) is 12.1 Å². The van der Waals surface area contributed by atoms with Crippen LogP contribution in [-0.4, -0.2) is 32.6 Å². The number of benzene rings is 1. The Morgan fingerprint density at radius 3 is 2.74 bits per heavy atom. The van der Waals surface area contributed by atoms with Crippen LogP contribution in [0.25, 0.3) is 11.4 Å². The number of carbonyl (C=O) groups is 1. The number of halogens is 1. The first-order chi connectivity index (χ1) is 11.2. The van der Waals surface area contributed by atoms with Gasteiger partial charge in [-0.2, -0.15) is 5.10 Å². The van der Waals surface area contributed by atoms with E-state index in [1.165, 1.54) is 6.20 Å². The van der Waals surface area contributed by atoms with Gasteiger partial charge in [-0.1, -0.05) is 41.9 Å². The molecule has 3 aromatic rings. The van der Waals surface area contributed by atoms with Gasteiger partial charge in [0, 0.05) is 24.7 Å². The fourth-order valence-electron chi connectivity index (χ4n) is 2.02. The third-order valence-electron chi connectivity index (χ3n) is 3.17. The molecule has 2 heterocycles. The van der Waals surface area contributed by atoms with Crippen LogP contribution in [0, 0.1) is 0 Å². The van der Waals surface area contributed by atoms with Crippen LogP contribution < -0.4 is 5.32 Å². The molecule has 23 heavy (non-hydrogen) atoms. The number of amides is 1. The Labute approximate surface area is 137 Å². The first-order valence-corrected chi connectivity index (χ1v) is 7.46. The highest BCUT2D eigenvalue weighted by molar-refractivity contribution is 6.30. The van der Waals surface area contributed by atoms with Gasteiger partial charge >= 0.3 is 0 Å². The quantitative estimate of drug-likeness (QED) is 0.754. The Bertz CT molecular complexity index is 786. The molecule has 0 aliphatic heterocycles. The Morgan fingerprint density at radius 1 is 1.17 bits per heavy atom.